The van der Waals surface area contributed by atoms with Gasteiger partial charge in [0, 0.05) is 43.2 Å². The first kappa shape index (κ1) is 19.4. The second kappa shape index (κ2) is 7.84. The molecule has 0 spiro atoms. The van der Waals surface area contributed by atoms with E-state index in [-0.39, 0.29) is 11.8 Å². The predicted octanol–water partition coefficient (Wildman–Crippen LogP) is 3.84. The number of amides is 1. The molecule has 0 radical (unpaired) electrons. The molecular weight excluding hydrogens is 378 g/mol. The number of aromatic nitrogens is 2. The number of hydrogen-bond acceptors (Lipinski definition) is 5. The molecule has 1 aromatic carbocycles. The van der Waals surface area contributed by atoms with Gasteiger partial charge in [-0.3, -0.25) is 9.78 Å². The number of rotatable bonds is 5. The van der Waals surface area contributed by atoms with E-state index < -0.39 is 0 Å². The van der Waals surface area contributed by atoms with Gasteiger partial charge >= 0.3 is 0 Å². The molecular formula is C23H21N5O2. The highest BCUT2D eigenvalue weighted by atomic mass is 16.5. The summed E-state index contributed by atoms with van der Waals surface area (Å²) in [5.41, 5.74) is 3.86. The highest BCUT2D eigenvalue weighted by Gasteiger charge is 2.32. The Morgan fingerprint density at radius 2 is 2.17 bits per heavy atom. The van der Waals surface area contributed by atoms with Crippen molar-refractivity contribution < 1.29 is 9.53 Å². The third-order valence-corrected chi connectivity index (χ3v) is 5.22. The topological polar surface area (TPSA) is 106 Å². The zero-order valence-electron chi connectivity index (χ0n) is 16.8. The molecule has 2 aromatic heterocycles. The number of nitrogens with one attached hydrogen (secondary N) is 2. The molecule has 1 fully saturated rings. The Labute approximate surface area is 174 Å². The average Bonchev–Trinajstić information content (AvgIpc) is 3.07. The number of benzene rings is 1. The van der Waals surface area contributed by atoms with Crippen LogP contribution in [0.15, 0.2) is 42.7 Å². The van der Waals surface area contributed by atoms with E-state index in [0.29, 0.717) is 35.9 Å². The SMILES string of the molecule is Cc1cnc2ccc(O/C(=C/C=N)c3[nH]cc(C(=O)N4CC(C#N)C4)c3C)cc2c1. The minimum absolute atomic E-state index is 0.0876. The van der Waals surface area contributed by atoms with Gasteiger partial charge in [-0.2, -0.15) is 5.26 Å². The number of carbonyl (C=O) groups is 1. The Morgan fingerprint density at radius 1 is 1.37 bits per heavy atom. The molecule has 3 aromatic rings. The maximum Gasteiger partial charge on any atom is 0.255 e. The number of nitrogens with zero attached hydrogens (tertiary/aromatic N) is 3. The Bertz CT molecular complexity index is 1210. The Kier molecular flexibility index (Phi) is 5.07. The van der Waals surface area contributed by atoms with Gasteiger partial charge in [0.25, 0.3) is 5.91 Å². The van der Waals surface area contributed by atoms with Gasteiger partial charge in [0.05, 0.1) is 28.8 Å². The van der Waals surface area contributed by atoms with Crippen molar-refractivity contribution in [3.05, 3.63) is 65.1 Å². The predicted molar refractivity (Wildman–Crippen MR) is 114 cm³/mol. The van der Waals surface area contributed by atoms with Gasteiger partial charge in [-0.1, -0.05) is 0 Å². The first-order valence-corrected chi connectivity index (χ1v) is 9.62. The third kappa shape index (κ3) is 3.55. The maximum absolute atomic E-state index is 12.7. The zero-order valence-corrected chi connectivity index (χ0v) is 16.8. The molecule has 0 aliphatic carbocycles. The number of allylic oxidation sites excluding steroid dienone is 1. The second-order valence-electron chi connectivity index (χ2n) is 7.41. The van der Waals surface area contributed by atoms with Crippen molar-refractivity contribution in [2.45, 2.75) is 13.8 Å². The standard InChI is InChI=1S/C23H21N5O2/c1-14-7-17-8-18(3-4-20(17)26-10-14)30-21(5-6-24)22-15(2)19(11-27-22)23(29)28-12-16(9-25)13-28/h3-8,10-11,16,24,27H,12-13H2,1-2H3/b21-5+,24-6?. The van der Waals surface area contributed by atoms with E-state index in [0.717, 1.165) is 28.2 Å². The molecule has 30 heavy (non-hydrogen) atoms. The normalized spacial score (nSPS) is 14.3. The van der Waals surface area contributed by atoms with E-state index in [2.05, 4.69) is 16.0 Å². The molecule has 0 unspecified atom stereocenters. The van der Waals surface area contributed by atoms with Crippen LogP contribution in [0.25, 0.3) is 16.7 Å². The zero-order chi connectivity index (χ0) is 21.3. The van der Waals surface area contributed by atoms with Crippen LogP contribution in [0.5, 0.6) is 5.75 Å². The van der Waals surface area contributed by atoms with Gasteiger partial charge in [0.15, 0.2) is 5.76 Å². The van der Waals surface area contributed by atoms with Crippen LogP contribution in [-0.2, 0) is 0 Å². The summed E-state index contributed by atoms with van der Waals surface area (Å²) in [6.45, 7) is 4.74. The number of hydrogen-bond donors (Lipinski definition) is 2. The fraction of sp³-hybridized carbons (Fsp3) is 0.217. The average molecular weight is 399 g/mol. The van der Waals surface area contributed by atoms with Crippen molar-refractivity contribution in [3.8, 4) is 11.8 Å². The van der Waals surface area contributed by atoms with E-state index in [9.17, 15) is 4.79 Å². The van der Waals surface area contributed by atoms with Crippen LogP contribution in [0.2, 0.25) is 0 Å². The smallest absolute Gasteiger partial charge is 0.255 e. The van der Waals surface area contributed by atoms with Crippen LogP contribution in [-0.4, -0.2) is 40.1 Å². The number of aromatic amines is 1. The van der Waals surface area contributed by atoms with Crippen LogP contribution in [0.3, 0.4) is 0 Å². The van der Waals surface area contributed by atoms with E-state index in [1.165, 1.54) is 0 Å². The summed E-state index contributed by atoms with van der Waals surface area (Å²) in [6, 6.07) is 9.83. The van der Waals surface area contributed by atoms with Gasteiger partial charge in [-0.15, -0.1) is 0 Å². The summed E-state index contributed by atoms with van der Waals surface area (Å²) >= 11 is 0. The van der Waals surface area contributed by atoms with E-state index in [1.54, 1.807) is 17.2 Å². The van der Waals surface area contributed by atoms with Gasteiger partial charge in [0.1, 0.15) is 5.75 Å². The quantitative estimate of drug-likeness (QED) is 0.502. The van der Waals surface area contributed by atoms with Crippen LogP contribution in [0, 0.1) is 36.5 Å². The monoisotopic (exact) mass is 399 g/mol. The van der Waals surface area contributed by atoms with Crippen LogP contribution in [0.4, 0.5) is 0 Å². The third-order valence-electron chi connectivity index (χ3n) is 5.22. The second-order valence-corrected chi connectivity index (χ2v) is 7.41. The van der Waals surface area contributed by atoms with Crippen LogP contribution < -0.4 is 4.74 Å². The molecule has 0 saturated carbocycles. The summed E-state index contributed by atoms with van der Waals surface area (Å²) < 4.78 is 6.08. The lowest BCUT2D eigenvalue weighted by atomic mass is 10.00. The number of H-pyrrole nitrogens is 1. The summed E-state index contributed by atoms with van der Waals surface area (Å²) in [4.78, 5) is 21.9. The lowest BCUT2D eigenvalue weighted by molar-refractivity contribution is 0.0577. The van der Waals surface area contributed by atoms with Crippen molar-refractivity contribution in [1.29, 1.82) is 10.7 Å². The molecule has 7 heteroatoms. The molecule has 1 aliphatic rings. The largest absolute Gasteiger partial charge is 0.455 e. The lowest BCUT2D eigenvalue weighted by Crippen LogP contribution is -2.49. The first-order valence-electron chi connectivity index (χ1n) is 9.62. The number of pyridine rings is 1. The van der Waals surface area contributed by atoms with Gasteiger partial charge in [-0.05, 0) is 49.2 Å². The molecule has 1 aliphatic heterocycles. The number of ether oxygens (including phenoxy) is 1. The van der Waals surface area contributed by atoms with Crippen molar-refractivity contribution in [2.24, 2.45) is 5.92 Å². The van der Waals surface area contributed by atoms with Crippen molar-refractivity contribution in [3.63, 3.8) is 0 Å². The van der Waals surface area contributed by atoms with Crippen molar-refractivity contribution >= 4 is 28.8 Å². The fourth-order valence-electron chi connectivity index (χ4n) is 3.52. The van der Waals surface area contributed by atoms with Gasteiger partial charge in [0.2, 0.25) is 0 Å². The number of fused-ring (bicyclic) bond motifs is 1. The number of likely N-dealkylation sites (tertiary alicyclic amines) is 1. The van der Waals surface area contributed by atoms with E-state index >= 15 is 0 Å². The number of aryl methyl sites for hydroxylation is 1. The van der Waals surface area contributed by atoms with Crippen molar-refractivity contribution in [1.82, 2.24) is 14.9 Å². The highest BCUT2D eigenvalue weighted by Crippen LogP contribution is 2.28. The number of nitriles is 1. The Balaban J connectivity index is 1.60. The number of carbonyl (C=O) groups excluding carboxylic acids is 1. The highest BCUT2D eigenvalue weighted by molar-refractivity contribution is 5.97. The molecule has 1 amide bonds. The summed E-state index contributed by atoms with van der Waals surface area (Å²) in [5.74, 6) is 0.864. The van der Waals surface area contributed by atoms with E-state index in [1.807, 2.05) is 44.3 Å². The van der Waals surface area contributed by atoms with Crippen LogP contribution in [0.1, 0.15) is 27.2 Å². The molecule has 1 saturated heterocycles. The maximum atomic E-state index is 12.7. The molecule has 7 nitrogen and oxygen atoms in total. The molecule has 4 rings (SSSR count). The summed E-state index contributed by atoms with van der Waals surface area (Å²) in [7, 11) is 0. The summed E-state index contributed by atoms with van der Waals surface area (Å²) in [6.07, 6.45) is 6.17. The molecule has 3 heterocycles. The molecule has 0 bridgehead atoms. The van der Waals surface area contributed by atoms with E-state index in [4.69, 9.17) is 15.4 Å². The Morgan fingerprint density at radius 3 is 2.90 bits per heavy atom. The fourth-order valence-corrected chi connectivity index (χ4v) is 3.52. The van der Waals surface area contributed by atoms with Crippen LogP contribution >= 0.6 is 0 Å². The molecule has 2 N–H and O–H groups in total. The minimum Gasteiger partial charge on any atom is -0.455 e. The van der Waals surface area contributed by atoms with Crippen molar-refractivity contribution in [2.75, 3.05) is 13.1 Å². The lowest BCUT2D eigenvalue weighted by Gasteiger charge is -2.35. The minimum atomic E-state index is -0.108. The van der Waals surface area contributed by atoms with Gasteiger partial charge < -0.3 is 20.0 Å². The summed E-state index contributed by atoms with van der Waals surface area (Å²) in [5, 5.41) is 17.4. The Hall–Kier alpha value is -3.92. The van der Waals surface area contributed by atoms with Gasteiger partial charge in [-0.25, -0.2) is 0 Å². The first-order chi connectivity index (χ1) is 14.5. The molecule has 150 valence electrons. The molecule has 0 atom stereocenters.